The second-order valence-electron chi connectivity index (χ2n) is 4.48. The average Bonchev–Trinajstić information content (AvgIpc) is 2.43. The summed E-state index contributed by atoms with van der Waals surface area (Å²) < 4.78 is 0. The van der Waals surface area contributed by atoms with Gasteiger partial charge in [0.05, 0.1) is 0 Å². The summed E-state index contributed by atoms with van der Waals surface area (Å²) >= 11 is 0. The summed E-state index contributed by atoms with van der Waals surface area (Å²) in [6.07, 6.45) is 0. The van der Waals surface area contributed by atoms with Gasteiger partial charge in [-0.1, -0.05) is 12.1 Å². The molecular weight excluding hydrogens is 220 g/mol. The van der Waals surface area contributed by atoms with Crippen molar-refractivity contribution in [2.45, 2.75) is 0 Å². The molecule has 0 bridgehead atoms. The van der Waals surface area contributed by atoms with Crippen LogP contribution in [-0.2, 0) is 0 Å². The second-order valence-corrected chi connectivity index (χ2v) is 4.48. The quantitative estimate of drug-likeness (QED) is 0.655. The molecule has 90 valence electrons. The number of anilines is 2. The lowest BCUT2D eigenvalue weighted by Gasteiger charge is -2.07. The largest absolute Gasteiger partial charge is 0.388 e. The van der Waals surface area contributed by atoms with Crippen LogP contribution in [0.25, 0.3) is 21.5 Å². The Bertz CT molecular complexity index is 653. The van der Waals surface area contributed by atoms with Crippen molar-refractivity contribution in [1.29, 1.82) is 0 Å². The fourth-order valence-corrected chi connectivity index (χ4v) is 2.31. The van der Waals surface area contributed by atoms with Gasteiger partial charge in [-0.2, -0.15) is 0 Å². The zero-order chi connectivity index (χ0) is 12.5. The first kappa shape index (κ1) is 10.9. The van der Waals surface area contributed by atoms with E-state index in [4.69, 9.17) is 0 Å². The van der Waals surface area contributed by atoms with E-state index in [-0.39, 0.29) is 0 Å². The summed E-state index contributed by atoms with van der Waals surface area (Å²) in [6, 6.07) is 17.4. The molecule has 18 heavy (non-hydrogen) atoms. The standard InChI is InChI=1S/C16H16N2/c1-17-15-5-3-11-8-14-10-16(18-2)6-4-12(14)7-13(11)9-15/h3-10,17-18H,1-2H3. The van der Waals surface area contributed by atoms with Gasteiger partial charge in [-0.3, -0.25) is 0 Å². The van der Waals surface area contributed by atoms with Crippen LogP contribution in [0, 0.1) is 0 Å². The topological polar surface area (TPSA) is 24.1 Å². The number of hydrogen-bond donors (Lipinski definition) is 2. The molecule has 0 unspecified atom stereocenters. The third-order valence-electron chi connectivity index (χ3n) is 3.37. The molecule has 0 radical (unpaired) electrons. The van der Waals surface area contributed by atoms with Crippen molar-refractivity contribution >= 4 is 32.9 Å². The van der Waals surface area contributed by atoms with Crippen LogP contribution in [0.3, 0.4) is 0 Å². The molecule has 3 rings (SSSR count). The van der Waals surface area contributed by atoms with E-state index >= 15 is 0 Å². The summed E-state index contributed by atoms with van der Waals surface area (Å²) in [7, 11) is 3.89. The first-order valence-corrected chi connectivity index (χ1v) is 6.13. The van der Waals surface area contributed by atoms with Crippen LogP contribution in [0.5, 0.6) is 0 Å². The molecule has 2 heteroatoms. The minimum absolute atomic E-state index is 1.15. The van der Waals surface area contributed by atoms with Gasteiger partial charge >= 0.3 is 0 Å². The van der Waals surface area contributed by atoms with Crippen LogP contribution >= 0.6 is 0 Å². The molecule has 0 heterocycles. The molecule has 0 atom stereocenters. The zero-order valence-corrected chi connectivity index (χ0v) is 10.6. The first-order chi connectivity index (χ1) is 8.80. The Morgan fingerprint density at radius 2 is 1.00 bits per heavy atom. The van der Waals surface area contributed by atoms with E-state index in [0.29, 0.717) is 0 Å². The number of benzene rings is 3. The third-order valence-corrected chi connectivity index (χ3v) is 3.37. The molecule has 0 spiro atoms. The molecule has 0 aromatic heterocycles. The van der Waals surface area contributed by atoms with Crippen molar-refractivity contribution < 1.29 is 0 Å². The average molecular weight is 236 g/mol. The molecule has 0 aliphatic carbocycles. The van der Waals surface area contributed by atoms with Crippen molar-refractivity contribution in [3.8, 4) is 0 Å². The SMILES string of the molecule is CNc1ccc2cc3cc(NC)ccc3cc2c1. The van der Waals surface area contributed by atoms with Crippen molar-refractivity contribution in [2.24, 2.45) is 0 Å². The highest BCUT2D eigenvalue weighted by atomic mass is 14.8. The second kappa shape index (κ2) is 4.22. The summed E-state index contributed by atoms with van der Waals surface area (Å²) in [6.45, 7) is 0. The van der Waals surface area contributed by atoms with Gasteiger partial charge in [-0.15, -0.1) is 0 Å². The molecule has 3 aromatic carbocycles. The lowest BCUT2D eigenvalue weighted by atomic mass is 10.0. The van der Waals surface area contributed by atoms with Crippen LogP contribution in [0.4, 0.5) is 11.4 Å². The van der Waals surface area contributed by atoms with Crippen LogP contribution in [0.1, 0.15) is 0 Å². The van der Waals surface area contributed by atoms with Gasteiger partial charge in [0, 0.05) is 25.5 Å². The predicted molar refractivity (Wildman–Crippen MR) is 80.5 cm³/mol. The van der Waals surface area contributed by atoms with Crippen molar-refractivity contribution in [3.63, 3.8) is 0 Å². The molecule has 2 N–H and O–H groups in total. The highest BCUT2D eigenvalue weighted by Gasteiger charge is 2.00. The Balaban J connectivity index is 2.28. The predicted octanol–water partition coefficient (Wildman–Crippen LogP) is 4.08. The maximum Gasteiger partial charge on any atom is 0.0343 e. The Morgan fingerprint density at radius 1 is 0.556 bits per heavy atom. The van der Waals surface area contributed by atoms with Gasteiger partial charge in [-0.05, 0) is 57.9 Å². The van der Waals surface area contributed by atoms with Crippen LogP contribution < -0.4 is 10.6 Å². The van der Waals surface area contributed by atoms with E-state index in [1.54, 1.807) is 0 Å². The molecule has 0 saturated carbocycles. The van der Waals surface area contributed by atoms with Crippen molar-refractivity contribution in [2.75, 3.05) is 24.7 Å². The van der Waals surface area contributed by atoms with Gasteiger partial charge in [0.2, 0.25) is 0 Å². The Labute approximate surface area is 107 Å². The molecule has 3 aromatic rings. The Kier molecular flexibility index (Phi) is 2.56. The highest BCUT2D eigenvalue weighted by Crippen LogP contribution is 2.27. The van der Waals surface area contributed by atoms with Gasteiger partial charge < -0.3 is 10.6 Å². The van der Waals surface area contributed by atoms with Crippen LogP contribution in [-0.4, -0.2) is 14.1 Å². The number of fused-ring (bicyclic) bond motifs is 2. The van der Waals surface area contributed by atoms with E-state index in [2.05, 4.69) is 59.2 Å². The first-order valence-electron chi connectivity index (χ1n) is 6.13. The monoisotopic (exact) mass is 236 g/mol. The number of hydrogen-bond acceptors (Lipinski definition) is 2. The van der Waals surface area contributed by atoms with Crippen LogP contribution in [0.2, 0.25) is 0 Å². The summed E-state index contributed by atoms with van der Waals surface area (Å²) in [5.74, 6) is 0. The molecule has 0 aliphatic heterocycles. The Morgan fingerprint density at radius 3 is 1.39 bits per heavy atom. The van der Waals surface area contributed by atoms with E-state index in [0.717, 1.165) is 11.4 Å². The minimum atomic E-state index is 1.15. The van der Waals surface area contributed by atoms with Gasteiger partial charge in [0.25, 0.3) is 0 Å². The summed E-state index contributed by atoms with van der Waals surface area (Å²) in [5, 5.41) is 11.4. The fourth-order valence-electron chi connectivity index (χ4n) is 2.31. The Hall–Kier alpha value is -2.22. The third kappa shape index (κ3) is 1.76. The number of nitrogens with one attached hydrogen (secondary N) is 2. The maximum atomic E-state index is 3.18. The van der Waals surface area contributed by atoms with Crippen molar-refractivity contribution in [3.05, 3.63) is 48.5 Å². The lowest BCUT2D eigenvalue weighted by Crippen LogP contribution is -1.88. The van der Waals surface area contributed by atoms with E-state index in [1.165, 1.54) is 21.5 Å². The summed E-state index contributed by atoms with van der Waals surface area (Å²) in [5.41, 5.74) is 2.29. The maximum absolute atomic E-state index is 3.18. The number of rotatable bonds is 2. The molecule has 0 amide bonds. The van der Waals surface area contributed by atoms with Gasteiger partial charge in [0.1, 0.15) is 0 Å². The molecule has 2 nitrogen and oxygen atoms in total. The van der Waals surface area contributed by atoms with Gasteiger partial charge in [-0.25, -0.2) is 0 Å². The summed E-state index contributed by atoms with van der Waals surface area (Å²) in [4.78, 5) is 0. The fraction of sp³-hybridized carbons (Fsp3) is 0.125. The van der Waals surface area contributed by atoms with Crippen LogP contribution in [0.15, 0.2) is 48.5 Å². The van der Waals surface area contributed by atoms with E-state index in [1.807, 2.05) is 14.1 Å². The zero-order valence-electron chi connectivity index (χ0n) is 10.6. The molecular formula is C16H16N2. The molecule has 0 saturated heterocycles. The highest BCUT2D eigenvalue weighted by molar-refractivity contribution is 6.00. The lowest BCUT2D eigenvalue weighted by molar-refractivity contribution is 1.53. The normalized spacial score (nSPS) is 10.8. The van der Waals surface area contributed by atoms with Gasteiger partial charge in [0.15, 0.2) is 0 Å². The van der Waals surface area contributed by atoms with E-state index in [9.17, 15) is 0 Å². The van der Waals surface area contributed by atoms with Crippen molar-refractivity contribution in [1.82, 2.24) is 0 Å². The smallest absolute Gasteiger partial charge is 0.0343 e. The minimum Gasteiger partial charge on any atom is -0.388 e. The van der Waals surface area contributed by atoms with E-state index < -0.39 is 0 Å². The molecule has 0 fully saturated rings. The molecule has 0 aliphatic rings.